The van der Waals surface area contributed by atoms with Crippen LogP contribution >= 0.6 is 23.2 Å². The Balaban J connectivity index is 1.54. The van der Waals surface area contributed by atoms with Gasteiger partial charge in [-0.1, -0.05) is 23.2 Å². The highest BCUT2D eigenvalue weighted by Crippen LogP contribution is 2.27. The van der Waals surface area contributed by atoms with Gasteiger partial charge in [0.2, 0.25) is 0 Å². The zero-order valence-corrected chi connectivity index (χ0v) is 13.2. The van der Waals surface area contributed by atoms with Crippen molar-refractivity contribution in [2.24, 2.45) is 0 Å². The Morgan fingerprint density at radius 3 is 2.82 bits per heavy atom. The molecule has 3 rings (SSSR count). The van der Waals surface area contributed by atoms with E-state index in [9.17, 15) is 4.79 Å². The Morgan fingerprint density at radius 2 is 2.09 bits per heavy atom. The molecule has 0 saturated carbocycles. The molecule has 0 unspecified atom stereocenters. The van der Waals surface area contributed by atoms with Crippen LogP contribution in [0.4, 0.5) is 0 Å². The Labute approximate surface area is 137 Å². The molecule has 2 heterocycles. The van der Waals surface area contributed by atoms with Gasteiger partial charge < -0.3 is 9.64 Å². The molecule has 0 aliphatic carbocycles. The van der Waals surface area contributed by atoms with E-state index < -0.39 is 0 Å². The highest BCUT2D eigenvalue weighted by Gasteiger charge is 2.28. The first-order valence-electron chi connectivity index (χ1n) is 6.85. The van der Waals surface area contributed by atoms with Crippen molar-refractivity contribution in [2.45, 2.75) is 12.5 Å². The topological polar surface area (TPSA) is 60.2 Å². The second-order valence-electron chi connectivity index (χ2n) is 5.00. The van der Waals surface area contributed by atoms with Crippen LogP contribution in [-0.4, -0.2) is 45.5 Å². The summed E-state index contributed by atoms with van der Waals surface area (Å²) in [6, 6.07) is 5.03. The zero-order chi connectivity index (χ0) is 15.5. The van der Waals surface area contributed by atoms with Crippen molar-refractivity contribution >= 4 is 29.1 Å². The summed E-state index contributed by atoms with van der Waals surface area (Å²) in [6.07, 6.45) is 4.11. The van der Waals surface area contributed by atoms with Crippen LogP contribution in [0.5, 0.6) is 5.75 Å². The molecule has 0 N–H and O–H groups in total. The lowest BCUT2D eigenvalue weighted by atomic mass is 10.3. The molecule has 1 aliphatic rings. The third-order valence-electron chi connectivity index (χ3n) is 3.52. The van der Waals surface area contributed by atoms with Gasteiger partial charge in [-0.05, 0) is 24.6 Å². The minimum atomic E-state index is -0.0827. The molecule has 0 spiro atoms. The number of hydrogen-bond acceptors (Lipinski definition) is 4. The molecule has 8 heteroatoms. The number of carbonyl (C=O) groups is 1. The average Bonchev–Trinajstić information content (AvgIpc) is 3.17. The van der Waals surface area contributed by atoms with E-state index in [0.29, 0.717) is 28.9 Å². The zero-order valence-electron chi connectivity index (χ0n) is 11.7. The average molecular weight is 341 g/mol. The van der Waals surface area contributed by atoms with E-state index in [2.05, 4.69) is 10.2 Å². The smallest absolute Gasteiger partial charge is 0.260 e. The van der Waals surface area contributed by atoms with Gasteiger partial charge in [-0.15, -0.1) is 0 Å². The predicted molar refractivity (Wildman–Crippen MR) is 82.2 cm³/mol. The number of halogens is 2. The lowest BCUT2D eigenvalue weighted by Crippen LogP contribution is -2.33. The molecule has 1 amide bonds. The second-order valence-corrected chi connectivity index (χ2v) is 5.84. The van der Waals surface area contributed by atoms with Gasteiger partial charge in [-0.2, -0.15) is 15.0 Å². The van der Waals surface area contributed by atoms with E-state index in [1.165, 1.54) is 0 Å². The van der Waals surface area contributed by atoms with Gasteiger partial charge in [0.25, 0.3) is 5.91 Å². The number of nitrogens with zero attached hydrogens (tertiary/aromatic N) is 4. The molecule has 0 bridgehead atoms. The van der Waals surface area contributed by atoms with E-state index in [1.807, 2.05) is 0 Å². The number of hydrogen-bond donors (Lipinski definition) is 0. The van der Waals surface area contributed by atoms with Crippen LogP contribution in [0.25, 0.3) is 0 Å². The maximum atomic E-state index is 12.2. The van der Waals surface area contributed by atoms with Crippen molar-refractivity contribution in [3.8, 4) is 5.75 Å². The summed E-state index contributed by atoms with van der Waals surface area (Å²) in [5.41, 5.74) is 0. The Bertz CT molecular complexity index is 663. The molecule has 116 valence electrons. The summed E-state index contributed by atoms with van der Waals surface area (Å²) < 4.78 is 5.47. The number of likely N-dealkylation sites (tertiary alicyclic amines) is 1. The molecule has 1 aromatic carbocycles. The summed E-state index contributed by atoms with van der Waals surface area (Å²) in [6.45, 7) is 1.20. The molecule has 2 aromatic rings. The standard InChI is InChI=1S/C14H14Cl2N4O2/c15-10-1-2-13(12(16)7-10)22-9-14(21)19-6-3-11(8-19)20-17-4-5-18-20/h1-2,4-5,7,11H,3,6,8-9H2/t11-/m1/s1. The molecule has 1 aliphatic heterocycles. The highest BCUT2D eigenvalue weighted by molar-refractivity contribution is 6.35. The lowest BCUT2D eigenvalue weighted by Gasteiger charge is -2.17. The van der Waals surface area contributed by atoms with Crippen LogP contribution in [-0.2, 0) is 4.79 Å². The predicted octanol–water partition coefficient (Wildman–Crippen LogP) is 2.44. The minimum Gasteiger partial charge on any atom is -0.482 e. The fourth-order valence-corrected chi connectivity index (χ4v) is 2.86. The van der Waals surface area contributed by atoms with Gasteiger partial charge in [-0.3, -0.25) is 4.79 Å². The van der Waals surface area contributed by atoms with Crippen molar-refractivity contribution in [1.29, 1.82) is 0 Å². The van der Waals surface area contributed by atoms with Crippen LogP contribution in [0.1, 0.15) is 12.5 Å². The minimum absolute atomic E-state index is 0.0550. The van der Waals surface area contributed by atoms with E-state index in [-0.39, 0.29) is 18.6 Å². The molecule has 0 radical (unpaired) electrons. The molecule has 1 saturated heterocycles. The summed E-state index contributed by atoms with van der Waals surface area (Å²) in [4.78, 5) is 15.6. The summed E-state index contributed by atoms with van der Waals surface area (Å²) >= 11 is 11.8. The molecule has 22 heavy (non-hydrogen) atoms. The number of ether oxygens (including phenoxy) is 1. The van der Waals surface area contributed by atoms with Crippen molar-refractivity contribution in [3.63, 3.8) is 0 Å². The summed E-state index contributed by atoms with van der Waals surface area (Å²) in [5.74, 6) is 0.365. The van der Waals surface area contributed by atoms with Gasteiger partial charge in [0.15, 0.2) is 6.61 Å². The van der Waals surface area contributed by atoms with Crippen molar-refractivity contribution < 1.29 is 9.53 Å². The molecule has 6 nitrogen and oxygen atoms in total. The summed E-state index contributed by atoms with van der Waals surface area (Å²) in [7, 11) is 0. The number of rotatable bonds is 4. The molecule has 1 atom stereocenters. The van der Waals surface area contributed by atoms with E-state index in [4.69, 9.17) is 27.9 Å². The van der Waals surface area contributed by atoms with E-state index in [1.54, 1.807) is 40.3 Å². The third-order valence-corrected chi connectivity index (χ3v) is 4.05. The van der Waals surface area contributed by atoms with Gasteiger partial charge >= 0.3 is 0 Å². The van der Waals surface area contributed by atoms with Gasteiger partial charge in [0.1, 0.15) is 5.75 Å². The SMILES string of the molecule is O=C(COc1ccc(Cl)cc1Cl)N1CC[C@@H](n2nccn2)C1. The lowest BCUT2D eigenvalue weighted by molar-refractivity contribution is -0.132. The van der Waals surface area contributed by atoms with Crippen molar-refractivity contribution in [3.05, 3.63) is 40.6 Å². The first-order valence-corrected chi connectivity index (χ1v) is 7.60. The number of benzene rings is 1. The molecule has 1 fully saturated rings. The Kier molecular flexibility index (Phi) is 4.49. The second kappa shape index (κ2) is 6.54. The number of carbonyl (C=O) groups excluding carboxylic acids is 1. The number of amides is 1. The van der Waals surface area contributed by atoms with E-state index >= 15 is 0 Å². The Hall–Kier alpha value is -1.79. The maximum Gasteiger partial charge on any atom is 0.260 e. The van der Waals surface area contributed by atoms with Crippen LogP contribution in [0.15, 0.2) is 30.6 Å². The monoisotopic (exact) mass is 340 g/mol. The first kappa shape index (κ1) is 15.1. The molecular weight excluding hydrogens is 327 g/mol. The number of aromatic nitrogens is 3. The summed E-state index contributed by atoms with van der Waals surface area (Å²) in [5, 5.41) is 9.14. The van der Waals surface area contributed by atoms with Gasteiger partial charge in [0.05, 0.1) is 23.5 Å². The molecular formula is C14H14Cl2N4O2. The third kappa shape index (κ3) is 3.34. The largest absolute Gasteiger partial charge is 0.482 e. The fraction of sp³-hybridized carbons (Fsp3) is 0.357. The van der Waals surface area contributed by atoms with Crippen LogP contribution in [0, 0.1) is 0 Å². The fourth-order valence-electron chi connectivity index (χ4n) is 2.39. The van der Waals surface area contributed by atoms with Crippen LogP contribution < -0.4 is 4.74 Å². The van der Waals surface area contributed by atoms with Crippen LogP contribution in [0.3, 0.4) is 0 Å². The van der Waals surface area contributed by atoms with E-state index in [0.717, 1.165) is 6.42 Å². The first-order chi connectivity index (χ1) is 10.6. The van der Waals surface area contributed by atoms with Crippen molar-refractivity contribution in [1.82, 2.24) is 19.9 Å². The van der Waals surface area contributed by atoms with Crippen LogP contribution in [0.2, 0.25) is 10.0 Å². The Morgan fingerprint density at radius 1 is 1.32 bits per heavy atom. The normalized spacial score (nSPS) is 17.7. The highest BCUT2D eigenvalue weighted by atomic mass is 35.5. The van der Waals surface area contributed by atoms with Crippen molar-refractivity contribution in [2.75, 3.05) is 19.7 Å². The molecule has 1 aromatic heterocycles. The van der Waals surface area contributed by atoms with Gasteiger partial charge in [0, 0.05) is 18.1 Å². The van der Waals surface area contributed by atoms with Gasteiger partial charge in [-0.25, -0.2) is 0 Å². The maximum absolute atomic E-state index is 12.2. The quantitative estimate of drug-likeness (QED) is 0.857.